The molecule has 6 heteroatoms. The minimum absolute atomic E-state index is 0.223. The molecule has 2 heterocycles. The third-order valence-corrected chi connectivity index (χ3v) is 2.67. The molecular weight excluding hydrogens is 202 g/mol. The number of fused-ring (bicyclic) bond motifs is 2. The second-order valence-electron chi connectivity index (χ2n) is 3.50. The van der Waals surface area contributed by atoms with Gasteiger partial charge in [-0.1, -0.05) is 12.2 Å². The molecule has 2 aliphatic rings. The highest BCUT2D eigenvalue weighted by Gasteiger charge is 2.57. The molecular formula is C9H11NO5. The Bertz CT molecular complexity index is 326. The van der Waals surface area contributed by atoms with E-state index in [-0.39, 0.29) is 6.61 Å². The molecule has 0 N–H and O–H groups in total. The number of hydrogen-bond acceptors (Lipinski definition) is 5. The maximum Gasteiger partial charge on any atom is 0.319 e. The van der Waals surface area contributed by atoms with E-state index in [4.69, 9.17) is 9.47 Å². The lowest BCUT2D eigenvalue weighted by atomic mass is 9.89. The number of carbonyl (C=O) groups excluding carboxylic acids is 1. The van der Waals surface area contributed by atoms with E-state index >= 15 is 0 Å². The molecule has 2 rings (SSSR count). The van der Waals surface area contributed by atoms with Crippen LogP contribution in [0.5, 0.6) is 0 Å². The summed E-state index contributed by atoms with van der Waals surface area (Å²) in [4.78, 5) is 21.8. The van der Waals surface area contributed by atoms with Crippen molar-refractivity contribution in [3.63, 3.8) is 0 Å². The Morgan fingerprint density at radius 3 is 2.80 bits per heavy atom. The number of hydrogen-bond donors (Lipinski definition) is 0. The summed E-state index contributed by atoms with van der Waals surface area (Å²) in [5, 5.41) is 10.8. The van der Waals surface area contributed by atoms with Crippen molar-refractivity contribution < 1.29 is 19.2 Å². The van der Waals surface area contributed by atoms with Crippen LogP contribution in [0.15, 0.2) is 12.2 Å². The SMILES string of the molecule is CCOC(=O)[C@@H]1[C@@H]([N+](=O)[O-])[C@@H]2C=C[C@H]1O2. The van der Waals surface area contributed by atoms with Crippen molar-refractivity contribution >= 4 is 5.97 Å². The normalized spacial score (nSPS) is 36.9. The van der Waals surface area contributed by atoms with Gasteiger partial charge >= 0.3 is 5.97 Å². The fourth-order valence-corrected chi connectivity index (χ4v) is 2.05. The summed E-state index contributed by atoms with van der Waals surface area (Å²) < 4.78 is 10.1. The highest BCUT2D eigenvalue weighted by atomic mass is 16.6. The Kier molecular flexibility index (Phi) is 2.44. The molecule has 0 unspecified atom stereocenters. The molecule has 0 saturated carbocycles. The topological polar surface area (TPSA) is 78.7 Å². The van der Waals surface area contributed by atoms with Crippen LogP contribution in [0.25, 0.3) is 0 Å². The van der Waals surface area contributed by atoms with E-state index in [1.807, 2.05) is 0 Å². The molecule has 6 nitrogen and oxygen atoms in total. The largest absolute Gasteiger partial charge is 0.465 e. The second-order valence-corrected chi connectivity index (χ2v) is 3.50. The second kappa shape index (κ2) is 3.62. The van der Waals surface area contributed by atoms with Gasteiger partial charge in [0.15, 0.2) is 5.92 Å². The Morgan fingerprint density at radius 1 is 1.53 bits per heavy atom. The van der Waals surface area contributed by atoms with Gasteiger partial charge < -0.3 is 9.47 Å². The Balaban J connectivity index is 2.19. The van der Waals surface area contributed by atoms with Gasteiger partial charge in [0.2, 0.25) is 0 Å². The van der Waals surface area contributed by atoms with Crippen molar-refractivity contribution in [2.45, 2.75) is 25.2 Å². The van der Waals surface area contributed by atoms with Crippen LogP contribution < -0.4 is 0 Å². The highest BCUT2D eigenvalue weighted by Crippen LogP contribution is 2.36. The lowest BCUT2D eigenvalue weighted by Crippen LogP contribution is -2.41. The lowest BCUT2D eigenvalue weighted by molar-refractivity contribution is -0.530. The summed E-state index contributed by atoms with van der Waals surface area (Å²) in [7, 11) is 0. The van der Waals surface area contributed by atoms with Gasteiger partial charge in [-0.3, -0.25) is 14.9 Å². The van der Waals surface area contributed by atoms with Crippen LogP contribution >= 0.6 is 0 Å². The van der Waals surface area contributed by atoms with Gasteiger partial charge in [-0.25, -0.2) is 0 Å². The first kappa shape index (κ1) is 10.1. The van der Waals surface area contributed by atoms with Gasteiger partial charge in [-0.15, -0.1) is 0 Å². The van der Waals surface area contributed by atoms with Crippen LogP contribution in [0, 0.1) is 16.0 Å². The summed E-state index contributed by atoms with van der Waals surface area (Å²) in [5.41, 5.74) is 0. The molecule has 0 radical (unpaired) electrons. The van der Waals surface area contributed by atoms with Crippen molar-refractivity contribution in [3.8, 4) is 0 Å². The molecule has 0 aromatic rings. The standard InChI is InChI=1S/C9H11NO5/c1-2-14-9(11)7-5-3-4-6(15-5)8(7)10(12)13/h3-8H,2H2,1H3/t5-,6+,7+,8+/m1/s1. The maximum atomic E-state index is 11.5. The van der Waals surface area contributed by atoms with E-state index in [9.17, 15) is 14.9 Å². The lowest BCUT2D eigenvalue weighted by Gasteiger charge is -2.16. The molecule has 0 aromatic heterocycles. The molecule has 0 amide bonds. The molecule has 1 saturated heterocycles. The molecule has 82 valence electrons. The minimum Gasteiger partial charge on any atom is -0.465 e. The van der Waals surface area contributed by atoms with Gasteiger partial charge in [0.25, 0.3) is 6.04 Å². The first-order valence-electron chi connectivity index (χ1n) is 4.79. The number of nitro groups is 1. The fraction of sp³-hybridized carbons (Fsp3) is 0.667. The molecule has 0 spiro atoms. The van der Waals surface area contributed by atoms with Crippen molar-refractivity contribution in [2.24, 2.45) is 5.92 Å². The number of ether oxygens (including phenoxy) is 2. The average Bonchev–Trinajstić information content (AvgIpc) is 2.76. The zero-order valence-corrected chi connectivity index (χ0v) is 8.16. The van der Waals surface area contributed by atoms with Crippen LogP contribution in [0.3, 0.4) is 0 Å². The van der Waals surface area contributed by atoms with E-state index < -0.39 is 35.1 Å². The van der Waals surface area contributed by atoms with Gasteiger partial charge in [-0.05, 0) is 6.92 Å². The zero-order valence-electron chi connectivity index (χ0n) is 8.16. The first-order valence-corrected chi connectivity index (χ1v) is 4.79. The minimum atomic E-state index is -1.00. The van der Waals surface area contributed by atoms with Crippen molar-refractivity contribution in [2.75, 3.05) is 6.61 Å². The molecule has 1 fully saturated rings. The fourth-order valence-electron chi connectivity index (χ4n) is 2.05. The summed E-state index contributed by atoms with van der Waals surface area (Å²) >= 11 is 0. The summed E-state index contributed by atoms with van der Waals surface area (Å²) in [6.07, 6.45) is 2.24. The Labute approximate surface area is 86.0 Å². The summed E-state index contributed by atoms with van der Waals surface area (Å²) in [6, 6.07) is -1.00. The number of rotatable bonds is 3. The van der Waals surface area contributed by atoms with Crippen LogP contribution in [-0.2, 0) is 14.3 Å². The van der Waals surface area contributed by atoms with E-state index in [0.717, 1.165) is 0 Å². The van der Waals surface area contributed by atoms with Gasteiger partial charge in [-0.2, -0.15) is 0 Å². The molecule has 4 atom stereocenters. The quantitative estimate of drug-likeness (QED) is 0.288. The smallest absolute Gasteiger partial charge is 0.319 e. The van der Waals surface area contributed by atoms with E-state index in [0.29, 0.717) is 0 Å². The third kappa shape index (κ3) is 1.50. The van der Waals surface area contributed by atoms with Crippen LogP contribution in [0.2, 0.25) is 0 Å². The Hall–Kier alpha value is -1.43. The van der Waals surface area contributed by atoms with Gasteiger partial charge in [0.05, 0.1) is 12.7 Å². The Morgan fingerprint density at radius 2 is 2.20 bits per heavy atom. The van der Waals surface area contributed by atoms with E-state index in [1.165, 1.54) is 0 Å². The van der Waals surface area contributed by atoms with Crippen molar-refractivity contribution in [3.05, 3.63) is 22.3 Å². The monoisotopic (exact) mass is 213 g/mol. The highest BCUT2D eigenvalue weighted by molar-refractivity contribution is 5.75. The molecule has 2 aliphatic heterocycles. The van der Waals surface area contributed by atoms with Gasteiger partial charge in [0.1, 0.15) is 6.10 Å². The number of carbonyl (C=O) groups is 1. The maximum absolute atomic E-state index is 11.5. The van der Waals surface area contributed by atoms with E-state index in [1.54, 1.807) is 19.1 Å². The third-order valence-electron chi connectivity index (χ3n) is 2.67. The average molecular weight is 213 g/mol. The number of esters is 1. The van der Waals surface area contributed by atoms with Crippen LogP contribution in [0.1, 0.15) is 6.92 Å². The molecule has 2 bridgehead atoms. The molecule has 0 aliphatic carbocycles. The molecule has 15 heavy (non-hydrogen) atoms. The van der Waals surface area contributed by atoms with Crippen molar-refractivity contribution in [1.82, 2.24) is 0 Å². The van der Waals surface area contributed by atoms with Crippen LogP contribution in [0.4, 0.5) is 0 Å². The first-order chi connectivity index (χ1) is 7.15. The zero-order chi connectivity index (χ0) is 11.0. The predicted octanol–water partition coefficient (Wildman–Crippen LogP) is 0.148. The summed E-state index contributed by atoms with van der Waals surface area (Å²) in [5.74, 6) is -1.34. The summed E-state index contributed by atoms with van der Waals surface area (Å²) in [6.45, 7) is 1.89. The van der Waals surface area contributed by atoms with Crippen molar-refractivity contribution in [1.29, 1.82) is 0 Å². The van der Waals surface area contributed by atoms with E-state index in [2.05, 4.69) is 0 Å². The number of nitrogens with zero attached hydrogens (tertiary/aromatic N) is 1. The van der Waals surface area contributed by atoms with Crippen LogP contribution in [-0.4, -0.2) is 35.7 Å². The molecule has 0 aromatic carbocycles. The predicted molar refractivity (Wildman–Crippen MR) is 48.7 cm³/mol. The van der Waals surface area contributed by atoms with Gasteiger partial charge in [0, 0.05) is 4.92 Å².